The van der Waals surface area contributed by atoms with E-state index in [1.807, 2.05) is 13.8 Å². The van der Waals surface area contributed by atoms with E-state index in [0.29, 0.717) is 6.67 Å². The molecule has 1 aliphatic rings. The third kappa shape index (κ3) is 12.9. The van der Waals surface area contributed by atoms with E-state index >= 15 is 0 Å². The van der Waals surface area contributed by atoms with Gasteiger partial charge >= 0.3 is 0 Å². The Morgan fingerprint density at radius 2 is 1.55 bits per heavy atom. The van der Waals surface area contributed by atoms with Crippen LogP contribution in [0.1, 0.15) is 34.6 Å². The molecule has 0 aromatic rings. The zero-order chi connectivity index (χ0) is 17.3. The summed E-state index contributed by atoms with van der Waals surface area (Å²) < 4.78 is 0. The molecule has 0 aliphatic carbocycles. The molecule has 0 spiro atoms. The summed E-state index contributed by atoms with van der Waals surface area (Å²) >= 11 is 19.3. The maximum absolute atomic E-state index is 11.4. The van der Waals surface area contributed by atoms with Crippen LogP contribution >= 0.6 is 70.0 Å². The second-order valence-corrected chi connectivity index (χ2v) is 3.18. The predicted molar refractivity (Wildman–Crippen MR) is 110 cm³/mol. The van der Waals surface area contributed by atoms with Crippen LogP contribution in [0, 0.1) is 0 Å². The Morgan fingerprint density at radius 1 is 1.20 bits per heavy atom. The number of hydrogen-bond donors (Lipinski definition) is 7. The van der Waals surface area contributed by atoms with Gasteiger partial charge in [-0.1, -0.05) is 13.8 Å². The van der Waals surface area contributed by atoms with Gasteiger partial charge in [0.2, 0.25) is 5.91 Å². The summed E-state index contributed by atoms with van der Waals surface area (Å²) in [5.41, 5.74) is 0. The van der Waals surface area contributed by atoms with E-state index in [9.17, 15) is 9.59 Å². The summed E-state index contributed by atoms with van der Waals surface area (Å²) in [5, 5.41) is 2.98. The highest BCUT2D eigenvalue weighted by Crippen LogP contribution is 2.08. The summed E-state index contributed by atoms with van der Waals surface area (Å²) in [5.74, 6) is 0.0388. The molecule has 4 nitrogen and oxygen atoms in total. The largest absolute Gasteiger partial charge is 0.319 e. The lowest BCUT2D eigenvalue weighted by molar-refractivity contribution is -0.135. The highest BCUT2D eigenvalue weighted by molar-refractivity contribution is 8.60. The lowest BCUT2D eigenvalue weighted by atomic mass is 10.2. The van der Waals surface area contributed by atoms with Crippen molar-refractivity contribution >= 4 is 81.7 Å². The van der Waals surface area contributed by atoms with Crippen LogP contribution in [-0.2, 0) is 9.59 Å². The molecular formula is C10H26N2O2S6. The first-order chi connectivity index (χ1) is 9.54. The van der Waals surface area contributed by atoms with Gasteiger partial charge in [-0.25, -0.2) is 0 Å². The van der Waals surface area contributed by atoms with Crippen LogP contribution in [0.3, 0.4) is 0 Å². The van der Waals surface area contributed by atoms with E-state index in [-0.39, 0.29) is 23.8 Å². The zero-order valence-electron chi connectivity index (χ0n) is 12.3. The number of ketones is 1. The number of Topliss-reactive ketones (excluding diaryl/α,β-unsaturated/α-hetero) is 1. The Hall–Kier alpha value is 1.20. The molecule has 1 fully saturated rings. The van der Waals surface area contributed by atoms with Crippen LogP contribution in [-0.4, -0.2) is 35.3 Å². The summed E-state index contributed by atoms with van der Waals surface area (Å²) in [6.07, 6.45) is 0. The molecular weight excluding hydrogens is 373 g/mol. The van der Waals surface area contributed by atoms with Gasteiger partial charge in [-0.05, 0) is 20.8 Å². The van der Waals surface area contributed by atoms with E-state index in [4.69, 9.17) is 0 Å². The molecule has 1 saturated heterocycles. The molecule has 1 heterocycles. The van der Waals surface area contributed by atoms with Crippen LogP contribution < -0.4 is 5.32 Å². The van der Waals surface area contributed by atoms with Gasteiger partial charge in [0.05, 0.1) is 18.8 Å². The second-order valence-electron chi connectivity index (χ2n) is 3.18. The molecule has 1 amide bonds. The highest BCUT2D eigenvalue weighted by Gasteiger charge is 2.32. The van der Waals surface area contributed by atoms with Crippen molar-refractivity contribution in [3.05, 3.63) is 0 Å². The number of carbonyl (C=O) groups excluding carboxylic acids is 2. The van der Waals surface area contributed by atoms with Crippen molar-refractivity contribution in [2.24, 2.45) is 0 Å². The van der Waals surface area contributed by atoms with Crippen LogP contribution in [0.5, 0.6) is 0 Å². The van der Waals surface area contributed by atoms with Crippen molar-refractivity contribution in [1.82, 2.24) is 10.2 Å². The first-order valence-electron chi connectivity index (χ1n) is 5.68. The average Bonchev–Trinajstić information content (AvgIpc) is 2.86. The van der Waals surface area contributed by atoms with Gasteiger partial charge in [0, 0.05) is 0 Å². The number of hydrogen-bond acceptors (Lipinski definition) is 9. The Balaban J connectivity index is -0.000000138. The molecule has 1 rings (SSSR count). The third-order valence-corrected chi connectivity index (χ3v) is 2.28. The molecule has 1 aliphatic heterocycles. The Morgan fingerprint density at radius 3 is 1.75 bits per heavy atom. The number of nitrogens with one attached hydrogen (secondary N) is 1. The second kappa shape index (κ2) is 22.5. The van der Waals surface area contributed by atoms with Crippen LogP contribution in [0.25, 0.3) is 0 Å². The quantitative estimate of drug-likeness (QED) is 0.289. The predicted octanol–water partition coefficient (Wildman–Crippen LogP) is 3.05. The first kappa shape index (κ1) is 29.2. The fraction of sp³-hybridized carbons (Fsp3) is 0.800. The van der Waals surface area contributed by atoms with Gasteiger partial charge in [-0.15, -0.1) is 70.0 Å². The standard InChI is InChI=1S/C8H14N2O2.C2H6.3H2S2/c1-5-8(12)10(4-9-5)6(2)7(3)11;4*1-2/h5-6,9H,4H2,1-3H3;1-2H3;3*1-2H. The van der Waals surface area contributed by atoms with Crippen molar-refractivity contribution in [3.8, 4) is 0 Å². The van der Waals surface area contributed by atoms with Gasteiger partial charge in [0.15, 0.2) is 5.78 Å². The minimum Gasteiger partial charge on any atom is -0.319 e. The number of rotatable bonds is 2. The molecule has 2 unspecified atom stereocenters. The Kier molecular flexibility index (Phi) is 32.9. The first-order valence-corrected chi connectivity index (χ1v) is 10.5. The van der Waals surface area contributed by atoms with Crippen molar-refractivity contribution in [1.29, 1.82) is 0 Å². The van der Waals surface area contributed by atoms with E-state index in [0.717, 1.165) is 0 Å². The fourth-order valence-corrected chi connectivity index (χ4v) is 1.20. The average molecular weight is 399 g/mol. The molecule has 10 heteroatoms. The fourth-order valence-electron chi connectivity index (χ4n) is 1.20. The maximum atomic E-state index is 11.4. The summed E-state index contributed by atoms with van der Waals surface area (Å²) in [6, 6.07) is -0.443. The number of carbonyl (C=O) groups is 2. The molecule has 1 N–H and O–H groups in total. The van der Waals surface area contributed by atoms with Gasteiger partial charge in [0.1, 0.15) is 0 Å². The molecule has 0 radical (unpaired) electrons. The van der Waals surface area contributed by atoms with Crippen molar-refractivity contribution in [3.63, 3.8) is 0 Å². The zero-order valence-corrected chi connectivity index (χ0v) is 17.7. The molecule has 20 heavy (non-hydrogen) atoms. The van der Waals surface area contributed by atoms with Gasteiger partial charge in [-0.3, -0.25) is 14.9 Å². The van der Waals surface area contributed by atoms with E-state index in [2.05, 4.69) is 75.3 Å². The van der Waals surface area contributed by atoms with Crippen molar-refractivity contribution < 1.29 is 9.59 Å². The van der Waals surface area contributed by atoms with E-state index < -0.39 is 0 Å². The van der Waals surface area contributed by atoms with Crippen LogP contribution in [0.2, 0.25) is 0 Å². The number of nitrogens with zero attached hydrogens (tertiary/aromatic N) is 1. The Labute approximate surface area is 154 Å². The maximum Gasteiger partial charge on any atom is 0.241 e. The number of thiol groups is 6. The minimum absolute atomic E-state index is 0.0118. The van der Waals surface area contributed by atoms with Gasteiger partial charge in [0.25, 0.3) is 0 Å². The topological polar surface area (TPSA) is 49.4 Å². The Bertz CT molecular complexity index is 234. The monoisotopic (exact) mass is 398 g/mol. The molecule has 0 saturated carbocycles. The van der Waals surface area contributed by atoms with Crippen LogP contribution in [0.15, 0.2) is 0 Å². The molecule has 0 aromatic carbocycles. The molecule has 2 atom stereocenters. The van der Waals surface area contributed by atoms with Crippen molar-refractivity contribution in [2.45, 2.75) is 46.7 Å². The van der Waals surface area contributed by atoms with Crippen LogP contribution in [0.4, 0.5) is 0 Å². The van der Waals surface area contributed by atoms with E-state index in [1.165, 1.54) is 6.92 Å². The third-order valence-electron chi connectivity index (χ3n) is 2.28. The lowest BCUT2D eigenvalue weighted by Gasteiger charge is -2.20. The SMILES string of the molecule is CC.CC(=O)C(C)N1CNC(C)C1=O.SS.SS.SS. The number of amides is 1. The van der Waals surface area contributed by atoms with E-state index in [1.54, 1.807) is 18.7 Å². The highest BCUT2D eigenvalue weighted by atomic mass is 33.1. The normalized spacial score (nSPS) is 16.9. The van der Waals surface area contributed by atoms with Gasteiger partial charge < -0.3 is 4.90 Å². The van der Waals surface area contributed by atoms with Crippen molar-refractivity contribution in [2.75, 3.05) is 6.67 Å². The molecule has 124 valence electrons. The molecule has 0 aromatic heterocycles. The van der Waals surface area contributed by atoms with Gasteiger partial charge in [-0.2, -0.15) is 0 Å². The summed E-state index contributed by atoms with van der Waals surface area (Å²) in [4.78, 5) is 23.9. The summed E-state index contributed by atoms with van der Waals surface area (Å²) in [7, 11) is 0. The smallest absolute Gasteiger partial charge is 0.241 e. The minimum atomic E-state index is -0.296. The molecule has 0 bridgehead atoms. The summed E-state index contributed by atoms with van der Waals surface area (Å²) in [6.45, 7) is 9.54. The lowest BCUT2D eigenvalue weighted by Crippen LogP contribution is -2.40.